The molecule has 1 atom stereocenters. The Bertz CT molecular complexity index is 741. The van der Waals surface area contributed by atoms with Crippen LogP contribution in [-0.2, 0) is 4.79 Å². The van der Waals surface area contributed by atoms with Crippen LogP contribution in [0.2, 0.25) is 0 Å². The maximum Gasteiger partial charge on any atom is 0.303 e. The van der Waals surface area contributed by atoms with E-state index in [1.807, 2.05) is 0 Å². The number of piperidine rings is 1. The van der Waals surface area contributed by atoms with Crippen LogP contribution in [0.4, 0.5) is 4.39 Å². The predicted molar refractivity (Wildman–Crippen MR) is 83.8 cm³/mol. The van der Waals surface area contributed by atoms with E-state index >= 15 is 0 Å². The molecular formula is C17H19FN2O3. The first kappa shape index (κ1) is 15.5. The fourth-order valence-corrected chi connectivity index (χ4v) is 3.25. The fraction of sp³-hybridized carbons (Fsp3) is 0.412. The Hall–Kier alpha value is -2.37. The Balaban J connectivity index is 1.83. The molecule has 1 amide bonds. The number of aromatic amines is 1. The van der Waals surface area contributed by atoms with Crippen molar-refractivity contribution in [3.8, 4) is 0 Å². The molecule has 122 valence electrons. The number of nitrogens with zero attached hydrogens (tertiary/aromatic N) is 1. The predicted octanol–water partition coefficient (Wildman–Crippen LogP) is 3.17. The smallest absolute Gasteiger partial charge is 0.303 e. The number of nitrogens with one attached hydrogen (secondary N) is 1. The molecule has 3 rings (SSSR count). The van der Waals surface area contributed by atoms with Crippen LogP contribution in [-0.4, -0.2) is 39.5 Å². The van der Waals surface area contributed by atoms with Gasteiger partial charge in [-0.05, 0) is 43.9 Å². The Kier molecular flexibility index (Phi) is 4.32. The van der Waals surface area contributed by atoms with E-state index in [2.05, 4.69) is 4.98 Å². The third kappa shape index (κ3) is 3.21. The van der Waals surface area contributed by atoms with Gasteiger partial charge < -0.3 is 15.0 Å². The Labute approximate surface area is 133 Å². The molecule has 0 bridgehead atoms. The highest BCUT2D eigenvalue weighted by Gasteiger charge is 2.28. The number of hydrogen-bond donors (Lipinski definition) is 2. The van der Waals surface area contributed by atoms with Crippen LogP contribution in [0.3, 0.4) is 0 Å². The van der Waals surface area contributed by atoms with Crippen molar-refractivity contribution >= 4 is 22.8 Å². The van der Waals surface area contributed by atoms with Crippen molar-refractivity contribution in [1.29, 1.82) is 0 Å². The van der Waals surface area contributed by atoms with Gasteiger partial charge in [-0.3, -0.25) is 9.59 Å². The molecule has 23 heavy (non-hydrogen) atoms. The quantitative estimate of drug-likeness (QED) is 0.909. The van der Waals surface area contributed by atoms with Crippen molar-refractivity contribution in [2.24, 2.45) is 0 Å². The zero-order valence-corrected chi connectivity index (χ0v) is 12.7. The van der Waals surface area contributed by atoms with Crippen molar-refractivity contribution in [3.63, 3.8) is 0 Å². The first-order valence-electron chi connectivity index (χ1n) is 7.86. The molecule has 0 radical (unpaired) electrons. The number of H-pyrrole nitrogens is 1. The molecule has 0 aliphatic carbocycles. The molecule has 6 heteroatoms. The van der Waals surface area contributed by atoms with E-state index in [1.165, 1.54) is 12.1 Å². The van der Waals surface area contributed by atoms with Gasteiger partial charge in [0.15, 0.2) is 0 Å². The normalized spacial score (nSPS) is 18.3. The molecule has 2 aromatic rings. The summed E-state index contributed by atoms with van der Waals surface area (Å²) in [4.78, 5) is 28.3. The Morgan fingerprint density at radius 3 is 2.91 bits per heavy atom. The summed E-state index contributed by atoms with van der Waals surface area (Å²) in [6.07, 6.45) is 3.22. The molecule has 1 aromatic carbocycles. The van der Waals surface area contributed by atoms with Gasteiger partial charge in [0.1, 0.15) is 11.5 Å². The van der Waals surface area contributed by atoms with E-state index in [4.69, 9.17) is 5.11 Å². The summed E-state index contributed by atoms with van der Waals surface area (Å²) in [6, 6.07) is 6.16. The second kappa shape index (κ2) is 6.40. The molecule has 1 aliphatic heterocycles. The average Bonchev–Trinajstić information content (AvgIpc) is 2.98. The van der Waals surface area contributed by atoms with E-state index in [0.717, 1.165) is 19.3 Å². The Morgan fingerprint density at radius 1 is 1.35 bits per heavy atom. The lowest BCUT2D eigenvalue weighted by Gasteiger charge is -2.35. The number of benzene rings is 1. The maximum atomic E-state index is 13.8. The summed E-state index contributed by atoms with van der Waals surface area (Å²) < 4.78 is 13.8. The van der Waals surface area contributed by atoms with E-state index in [0.29, 0.717) is 29.6 Å². The number of likely N-dealkylation sites (tertiary alicyclic amines) is 1. The van der Waals surface area contributed by atoms with Gasteiger partial charge in [-0.25, -0.2) is 4.39 Å². The van der Waals surface area contributed by atoms with Crippen LogP contribution in [0.5, 0.6) is 0 Å². The van der Waals surface area contributed by atoms with Gasteiger partial charge in [0.05, 0.1) is 0 Å². The van der Waals surface area contributed by atoms with Crippen LogP contribution in [0.1, 0.15) is 42.6 Å². The second-order valence-electron chi connectivity index (χ2n) is 5.96. The van der Waals surface area contributed by atoms with E-state index in [9.17, 15) is 14.0 Å². The number of hydrogen-bond acceptors (Lipinski definition) is 2. The maximum absolute atomic E-state index is 13.8. The zero-order valence-electron chi connectivity index (χ0n) is 12.7. The molecule has 2 heterocycles. The van der Waals surface area contributed by atoms with E-state index in [1.54, 1.807) is 17.0 Å². The molecule has 1 aliphatic rings. The topological polar surface area (TPSA) is 73.4 Å². The van der Waals surface area contributed by atoms with Crippen molar-refractivity contribution in [2.75, 3.05) is 6.54 Å². The minimum absolute atomic E-state index is 0.0514. The summed E-state index contributed by atoms with van der Waals surface area (Å²) in [6.45, 7) is 0.612. The lowest BCUT2D eigenvalue weighted by molar-refractivity contribution is -0.137. The average molecular weight is 318 g/mol. The van der Waals surface area contributed by atoms with Gasteiger partial charge in [-0.2, -0.15) is 0 Å². The van der Waals surface area contributed by atoms with Crippen LogP contribution in [0.15, 0.2) is 24.3 Å². The highest BCUT2D eigenvalue weighted by Crippen LogP contribution is 2.25. The lowest BCUT2D eigenvalue weighted by Crippen LogP contribution is -2.44. The molecule has 2 N–H and O–H groups in total. The van der Waals surface area contributed by atoms with E-state index in [-0.39, 0.29) is 24.2 Å². The summed E-state index contributed by atoms with van der Waals surface area (Å²) in [5.74, 6) is -1.40. The van der Waals surface area contributed by atoms with Gasteiger partial charge in [0.25, 0.3) is 5.91 Å². The largest absolute Gasteiger partial charge is 0.481 e. The lowest BCUT2D eigenvalue weighted by atomic mass is 9.97. The van der Waals surface area contributed by atoms with E-state index < -0.39 is 5.97 Å². The number of fused-ring (bicyclic) bond motifs is 1. The number of rotatable bonds is 4. The first-order valence-corrected chi connectivity index (χ1v) is 7.86. The molecular weight excluding hydrogens is 299 g/mol. The van der Waals surface area contributed by atoms with Crippen LogP contribution in [0, 0.1) is 5.82 Å². The molecule has 1 fully saturated rings. The zero-order chi connectivity index (χ0) is 16.4. The van der Waals surface area contributed by atoms with Gasteiger partial charge in [-0.15, -0.1) is 0 Å². The fourth-order valence-electron chi connectivity index (χ4n) is 3.25. The second-order valence-corrected chi connectivity index (χ2v) is 5.96. The van der Waals surface area contributed by atoms with Crippen molar-refractivity contribution < 1.29 is 19.1 Å². The standard InChI is InChI=1S/C17H19FN2O3/c18-13-5-3-6-14-12(13)10-15(19-14)17(23)20-9-2-1-4-11(20)7-8-16(21)22/h3,5-6,10-11,19H,1-2,4,7-9H2,(H,21,22). The highest BCUT2D eigenvalue weighted by atomic mass is 19.1. The number of carboxylic acid groups (broad SMARTS) is 1. The molecule has 1 unspecified atom stereocenters. The summed E-state index contributed by atoms with van der Waals surface area (Å²) in [5, 5.41) is 9.26. The third-order valence-electron chi connectivity index (χ3n) is 4.42. The number of amides is 1. The summed E-state index contributed by atoms with van der Waals surface area (Å²) in [7, 11) is 0. The van der Waals surface area contributed by atoms with Crippen LogP contribution < -0.4 is 0 Å². The minimum atomic E-state index is -0.851. The van der Waals surface area contributed by atoms with Gasteiger partial charge in [0.2, 0.25) is 0 Å². The molecule has 5 nitrogen and oxygen atoms in total. The van der Waals surface area contributed by atoms with Gasteiger partial charge in [0, 0.05) is 29.9 Å². The van der Waals surface area contributed by atoms with Gasteiger partial charge in [-0.1, -0.05) is 6.07 Å². The van der Waals surface area contributed by atoms with Gasteiger partial charge >= 0.3 is 5.97 Å². The highest BCUT2D eigenvalue weighted by molar-refractivity contribution is 5.98. The summed E-state index contributed by atoms with van der Waals surface area (Å²) in [5.41, 5.74) is 0.944. The van der Waals surface area contributed by atoms with Crippen LogP contribution in [0.25, 0.3) is 10.9 Å². The number of halogens is 1. The molecule has 0 spiro atoms. The van der Waals surface area contributed by atoms with Crippen molar-refractivity contribution in [3.05, 3.63) is 35.8 Å². The number of aromatic nitrogens is 1. The van der Waals surface area contributed by atoms with Crippen molar-refractivity contribution in [2.45, 2.75) is 38.1 Å². The number of carbonyl (C=O) groups excluding carboxylic acids is 1. The molecule has 1 saturated heterocycles. The number of carboxylic acids is 1. The molecule has 0 saturated carbocycles. The number of carbonyl (C=O) groups is 2. The molecule has 1 aromatic heterocycles. The first-order chi connectivity index (χ1) is 11.1. The summed E-state index contributed by atoms with van der Waals surface area (Å²) >= 11 is 0. The SMILES string of the molecule is O=C(O)CCC1CCCCN1C(=O)c1cc2c(F)cccc2[nH]1. The monoisotopic (exact) mass is 318 g/mol. The third-order valence-corrected chi connectivity index (χ3v) is 4.42. The van der Waals surface area contributed by atoms with Crippen LogP contribution >= 0.6 is 0 Å². The number of aliphatic carboxylic acids is 1. The Morgan fingerprint density at radius 2 is 2.17 bits per heavy atom. The minimum Gasteiger partial charge on any atom is -0.481 e. The van der Waals surface area contributed by atoms with Crippen molar-refractivity contribution in [1.82, 2.24) is 9.88 Å².